The van der Waals surface area contributed by atoms with Crippen LogP contribution in [-0.4, -0.2) is 31.0 Å². The summed E-state index contributed by atoms with van der Waals surface area (Å²) in [5.41, 5.74) is 6.97. The van der Waals surface area contributed by atoms with Crippen molar-refractivity contribution in [2.75, 3.05) is 20.2 Å². The number of hydrogen-bond acceptors (Lipinski definition) is 3. The van der Waals surface area contributed by atoms with Gasteiger partial charge in [0.05, 0.1) is 6.54 Å². The average molecular weight is 353 g/mol. The molecule has 2 aromatic rings. The number of rotatable bonds is 7. The number of hydrogen-bond donors (Lipinski definition) is 1. The van der Waals surface area contributed by atoms with Crippen LogP contribution in [0.1, 0.15) is 18.0 Å². The highest BCUT2D eigenvalue weighted by molar-refractivity contribution is 5.85. The largest absolute Gasteiger partial charge is 0.489 e. The lowest BCUT2D eigenvalue weighted by Gasteiger charge is -2.20. The van der Waals surface area contributed by atoms with E-state index in [9.17, 15) is 9.18 Å². The number of carbonyl (C=O) groups excluding carboxylic acids is 1. The minimum Gasteiger partial charge on any atom is -0.489 e. The zero-order valence-corrected chi connectivity index (χ0v) is 14.3. The van der Waals surface area contributed by atoms with E-state index in [4.69, 9.17) is 10.5 Å². The summed E-state index contributed by atoms with van der Waals surface area (Å²) in [6, 6.07) is 15.4. The highest BCUT2D eigenvalue weighted by Gasteiger charge is 2.15. The van der Waals surface area contributed by atoms with Gasteiger partial charge < -0.3 is 15.4 Å². The Balaban J connectivity index is 0.00000288. The molecule has 2 N–H and O–H groups in total. The molecule has 0 saturated heterocycles. The summed E-state index contributed by atoms with van der Waals surface area (Å²) in [5, 5.41) is 0. The van der Waals surface area contributed by atoms with Crippen molar-refractivity contribution in [3.05, 3.63) is 66.0 Å². The zero-order chi connectivity index (χ0) is 16.7. The number of benzene rings is 2. The van der Waals surface area contributed by atoms with Gasteiger partial charge in [-0.3, -0.25) is 4.79 Å². The Morgan fingerprint density at radius 2 is 1.79 bits per heavy atom. The SMILES string of the molecule is CN(CCOc1ccccc1F)C(=O)CC(N)c1ccccc1.Cl. The maximum Gasteiger partial charge on any atom is 0.224 e. The number of nitrogens with zero attached hydrogens (tertiary/aromatic N) is 1. The van der Waals surface area contributed by atoms with E-state index >= 15 is 0 Å². The Bertz CT molecular complexity index is 640. The number of para-hydroxylation sites is 1. The van der Waals surface area contributed by atoms with Crippen LogP contribution in [0, 0.1) is 5.82 Å². The van der Waals surface area contributed by atoms with Crippen molar-refractivity contribution in [3.8, 4) is 5.75 Å². The molecule has 1 atom stereocenters. The molecule has 0 aromatic heterocycles. The van der Waals surface area contributed by atoms with E-state index in [1.165, 1.54) is 6.07 Å². The standard InChI is InChI=1S/C18H21FN2O2.ClH/c1-21(11-12-23-17-10-6-5-9-15(17)19)18(22)13-16(20)14-7-3-2-4-8-14;/h2-10,16H,11-13,20H2,1H3;1H. The predicted molar refractivity (Wildman–Crippen MR) is 94.8 cm³/mol. The van der Waals surface area contributed by atoms with Crippen LogP contribution in [0.5, 0.6) is 5.75 Å². The van der Waals surface area contributed by atoms with Gasteiger partial charge in [-0.1, -0.05) is 42.5 Å². The van der Waals surface area contributed by atoms with Crippen molar-refractivity contribution < 1.29 is 13.9 Å². The van der Waals surface area contributed by atoms with Gasteiger partial charge in [0.1, 0.15) is 6.61 Å². The van der Waals surface area contributed by atoms with E-state index in [1.807, 2.05) is 30.3 Å². The molecule has 2 aromatic carbocycles. The molecule has 0 bridgehead atoms. The van der Waals surface area contributed by atoms with Crippen LogP contribution in [0.2, 0.25) is 0 Å². The monoisotopic (exact) mass is 352 g/mol. The molecular formula is C18H22ClFN2O2. The number of ether oxygens (including phenoxy) is 1. The second-order valence-electron chi connectivity index (χ2n) is 5.32. The van der Waals surface area contributed by atoms with Crippen LogP contribution in [0.25, 0.3) is 0 Å². The summed E-state index contributed by atoms with van der Waals surface area (Å²) in [7, 11) is 1.69. The van der Waals surface area contributed by atoms with Gasteiger partial charge in [-0.15, -0.1) is 12.4 Å². The Morgan fingerprint density at radius 3 is 2.46 bits per heavy atom. The minimum absolute atomic E-state index is 0. The normalized spacial score (nSPS) is 11.3. The van der Waals surface area contributed by atoms with Crippen LogP contribution in [0.15, 0.2) is 54.6 Å². The van der Waals surface area contributed by atoms with Crippen LogP contribution in [0.3, 0.4) is 0 Å². The van der Waals surface area contributed by atoms with Crippen LogP contribution >= 0.6 is 12.4 Å². The highest BCUT2D eigenvalue weighted by Crippen LogP contribution is 2.16. The maximum atomic E-state index is 13.4. The summed E-state index contributed by atoms with van der Waals surface area (Å²) in [5.74, 6) is -0.291. The lowest BCUT2D eigenvalue weighted by molar-refractivity contribution is -0.130. The summed E-state index contributed by atoms with van der Waals surface area (Å²) in [4.78, 5) is 13.7. The summed E-state index contributed by atoms with van der Waals surface area (Å²) in [6.07, 6.45) is 0.222. The van der Waals surface area contributed by atoms with E-state index in [-0.39, 0.29) is 43.1 Å². The van der Waals surface area contributed by atoms with Gasteiger partial charge in [-0.05, 0) is 17.7 Å². The molecule has 0 aliphatic heterocycles. The second-order valence-corrected chi connectivity index (χ2v) is 5.32. The first-order valence-electron chi connectivity index (χ1n) is 7.49. The van der Waals surface area contributed by atoms with Crippen LogP contribution in [0.4, 0.5) is 4.39 Å². The molecule has 6 heteroatoms. The van der Waals surface area contributed by atoms with E-state index in [1.54, 1.807) is 30.1 Å². The van der Waals surface area contributed by atoms with E-state index < -0.39 is 5.82 Å². The fourth-order valence-electron chi connectivity index (χ4n) is 2.14. The van der Waals surface area contributed by atoms with Crippen LogP contribution in [-0.2, 0) is 4.79 Å². The Kier molecular flexibility index (Phi) is 8.22. The van der Waals surface area contributed by atoms with E-state index in [2.05, 4.69) is 0 Å². The molecule has 0 spiro atoms. The summed E-state index contributed by atoms with van der Waals surface area (Å²) < 4.78 is 18.8. The lowest BCUT2D eigenvalue weighted by atomic mass is 10.0. The van der Waals surface area contributed by atoms with Gasteiger partial charge >= 0.3 is 0 Å². The molecule has 0 aliphatic rings. The molecule has 4 nitrogen and oxygen atoms in total. The molecule has 130 valence electrons. The molecule has 0 saturated carbocycles. The Labute approximate surface area is 147 Å². The average Bonchev–Trinajstić information content (AvgIpc) is 2.57. The predicted octanol–water partition coefficient (Wildman–Crippen LogP) is 3.17. The molecule has 0 aliphatic carbocycles. The fourth-order valence-corrected chi connectivity index (χ4v) is 2.14. The zero-order valence-electron chi connectivity index (χ0n) is 13.5. The number of amides is 1. The fraction of sp³-hybridized carbons (Fsp3) is 0.278. The second kappa shape index (κ2) is 9.90. The molecule has 0 heterocycles. The first-order valence-corrected chi connectivity index (χ1v) is 7.49. The van der Waals surface area contributed by atoms with Gasteiger partial charge in [0, 0.05) is 19.5 Å². The molecule has 1 amide bonds. The molecule has 0 fully saturated rings. The molecule has 0 radical (unpaired) electrons. The van der Waals surface area contributed by atoms with E-state index in [0.29, 0.717) is 6.54 Å². The van der Waals surface area contributed by atoms with Crippen molar-refractivity contribution in [1.82, 2.24) is 4.90 Å². The van der Waals surface area contributed by atoms with Gasteiger partial charge in [0.15, 0.2) is 11.6 Å². The van der Waals surface area contributed by atoms with Crippen molar-refractivity contribution in [2.45, 2.75) is 12.5 Å². The van der Waals surface area contributed by atoms with E-state index in [0.717, 1.165) is 5.56 Å². The number of carbonyl (C=O) groups is 1. The Hall–Kier alpha value is -2.11. The third kappa shape index (κ3) is 5.83. The number of nitrogens with two attached hydrogens (primary N) is 1. The minimum atomic E-state index is -0.410. The van der Waals surface area contributed by atoms with Crippen molar-refractivity contribution in [1.29, 1.82) is 0 Å². The summed E-state index contributed by atoms with van der Waals surface area (Å²) in [6.45, 7) is 0.596. The molecule has 2 rings (SSSR count). The van der Waals surface area contributed by atoms with Crippen molar-refractivity contribution in [2.24, 2.45) is 5.73 Å². The third-order valence-electron chi connectivity index (χ3n) is 3.57. The number of likely N-dealkylation sites (N-methyl/N-ethyl adjacent to an activating group) is 1. The van der Waals surface area contributed by atoms with Gasteiger partial charge in [0.25, 0.3) is 0 Å². The quantitative estimate of drug-likeness (QED) is 0.832. The smallest absolute Gasteiger partial charge is 0.224 e. The topological polar surface area (TPSA) is 55.6 Å². The summed E-state index contributed by atoms with van der Waals surface area (Å²) >= 11 is 0. The third-order valence-corrected chi connectivity index (χ3v) is 3.57. The van der Waals surface area contributed by atoms with Gasteiger partial charge in [-0.2, -0.15) is 0 Å². The Morgan fingerprint density at radius 1 is 1.17 bits per heavy atom. The van der Waals surface area contributed by atoms with Crippen molar-refractivity contribution in [3.63, 3.8) is 0 Å². The lowest BCUT2D eigenvalue weighted by Crippen LogP contribution is -2.33. The number of halogens is 2. The first kappa shape index (κ1) is 19.9. The van der Waals surface area contributed by atoms with Gasteiger partial charge in [-0.25, -0.2) is 4.39 Å². The maximum absolute atomic E-state index is 13.4. The van der Waals surface area contributed by atoms with Crippen molar-refractivity contribution >= 4 is 18.3 Å². The van der Waals surface area contributed by atoms with Gasteiger partial charge in [0.2, 0.25) is 5.91 Å². The molecule has 24 heavy (non-hydrogen) atoms. The first-order chi connectivity index (χ1) is 11.1. The molecular weight excluding hydrogens is 331 g/mol. The van der Waals surface area contributed by atoms with Crippen LogP contribution < -0.4 is 10.5 Å². The molecule has 1 unspecified atom stereocenters. The highest BCUT2D eigenvalue weighted by atomic mass is 35.5.